The highest BCUT2D eigenvalue weighted by molar-refractivity contribution is 6.32. The molecule has 1 atom stereocenters. The van der Waals surface area contributed by atoms with Crippen LogP contribution in [0.15, 0.2) is 24.3 Å². The van der Waals surface area contributed by atoms with Crippen LogP contribution in [0.5, 0.6) is 0 Å². The molecule has 0 aliphatic carbocycles. The minimum absolute atomic E-state index is 0.220. The predicted octanol–water partition coefficient (Wildman–Crippen LogP) is 2.11. The van der Waals surface area contributed by atoms with Crippen LogP contribution in [0.2, 0.25) is 0 Å². The normalized spacial score (nSPS) is 12.9. The molecule has 0 aliphatic heterocycles. The van der Waals surface area contributed by atoms with Crippen molar-refractivity contribution in [3.05, 3.63) is 29.8 Å². The van der Waals surface area contributed by atoms with Crippen LogP contribution in [0.3, 0.4) is 0 Å². The van der Waals surface area contributed by atoms with Gasteiger partial charge in [0.05, 0.1) is 0 Å². The molecular formula is C14H20BNO2. The van der Waals surface area contributed by atoms with E-state index in [0.717, 1.165) is 11.0 Å². The van der Waals surface area contributed by atoms with E-state index in [1.54, 1.807) is 0 Å². The molecule has 1 unspecified atom stereocenters. The zero-order chi connectivity index (χ0) is 13.8. The first-order valence-corrected chi connectivity index (χ1v) is 6.10. The number of ether oxygens (including phenoxy) is 1. The van der Waals surface area contributed by atoms with Gasteiger partial charge in [0.1, 0.15) is 13.4 Å². The van der Waals surface area contributed by atoms with Crippen LogP contribution in [-0.4, -0.2) is 26.1 Å². The average Bonchev–Trinajstić information content (AvgIpc) is 2.24. The van der Waals surface area contributed by atoms with Crippen molar-refractivity contribution in [3.8, 4) is 0 Å². The van der Waals surface area contributed by atoms with Crippen LogP contribution in [0.25, 0.3) is 0 Å². The van der Waals surface area contributed by atoms with Gasteiger partial charge in [-0.2, -0.15) is 0 Å². The molecule has 3 nitrogen and oxygen atoms in total. The lowest BCUT2D eigenvalue weighted by Crippen LogP contribution is -2.34. The number of carbonyl (C=O) groups excluding carboxylic acids is 1. The lowest BCUT2D eigenvalue weighted by Gasteiger charge is -2.21. The van der Waals surface area contributed by atoms with Crippen molar-refractivity contribution in [1.29, 1.82) is 0 Å². The molecule has 0 heterocycles. The third kappa shape index (κ3) is 5.26. The van der Waals surface area contributed by atoms with Crippen molar-refractivity contribution in [2.24, 2.45) is 0 Å². The third-order valence-corrected chi connectivity index (χ3v) is 2.46. The Morgan fingerprint density at radius 1 is 1.33 bits per heavy atom. The van der Waals surface area contributed by atoms with Crippen LogP contribution >= 0.6 is 0 Å². The SMILES string of the molecule is [B]c1ccc(C(C)CNC(=O)OC(C)(C)C)cc1. The molecule has 1 rings (SSSR count). The van der Waals surface area contributed by atoms with Gasteiger partial charge >= 0.3 is 6.09 Å². The standard InChI is InChI=1S/C14H20BNO2/c1-10(11-5-7-12(15)8-6-11)9-16-13(17)18-14(2,3)4/h5-8,10H,9H2,1-4H3,(H,16,17). The molecule has 1 amide bonds. The van der Waals surface area contributed by atoms with Gasteiger partial charge in [-0.1, -0.05) is 36.7 Å². The molecule has 0 aliphatic rings. The smallest absolute Gasteiger partial charge is 0.407 e. The summed E-state index contributed by atoms with van der Waals surface area (Å²) in [6.45, 7) is 8.11. The van der Waals surface area contributed by atoms with Crippen molar-refractivity contribution >= 4 is 19.4 Å². The summed E-state index contributed by atoms with van der Waals surface area (Å²) >= 11 is 0. The molecule has 0 bridgehead atoms. The predicted molar refractivity (Wildman–Crippen MR) is 74.5 cm³/mol. The number of alkyl carbamates (subject to hydrolysis) is 1. The van der Waals surface area contributed by atoms with Crippen LogP contribution in [0.1, 0.15) is 39.2 Å². The van der Waals surface area contributed by atoms with E-state index in [4.69, 9.17) is 12.6 Å². The molecule has 0 aromatic heterocycles. The summed E-state index contributed by atoms with van der Waals surface area (Å²) in [5.74, 6) is 0.220. The van der Waals surface area contributed by atoms with Gasteiger partial charge in [-0.05, 0) is 32.3 Å². The lowest BCUT2D eigenvalue weighted by atomic mass is 9.92. The van der Waals surface area contributed by atoms with Crippen molar-refractivity contribution < 1.29 is 9.53 Å². The fourth-order valence-corrected chi connectivity index (χ4v) is 1.49. The summed E-state index contributed by atoms with van der Waals surface area (Å²) < 4.78 is 5.17. The zero-order valence-corrected chi connectivity index (χ0v) is 11.5. The Hall–Kier alpha value is -1.45. The number of rotatable bonds is 3. The maximum atomic E-state index is 11.5. The fourth-order valence-electron chi connectivity index (χ4n) is 1.49. The molecule has 1 aromatic rings. The third-order valence-electron chi connectivity index (χ3n) is 2.46. The molecule has 1 aromatic carbocycles. The molecular weight excluding hydrogens is 225 g/mol. The van der Waals surface area contributed by atoms with Gasteiger partial charge in [0.2, 0.25) is 0 Å². The first-order chi connectivity index (χ1) is 8.28. The van der Waals surface area contributed by atoms with E-state index >= 15 is 0 Å². The molecule has 0 saturated carbocycles. The number of nitrogens with one attached hydrogen (secondary N) is 1. The van der Waals surface area contributed by atoms with E-state index in [9.17, 15) is 4.79 Å². The summed E-state index contributed by atoms with van der Waals surface area (Å²) in [7, 11) is 5.63. The van der Waals surface area contributed by atoms with Crippen molar-refractivity contribution in [2.45, 2.75) is 39.2 Å². The second kappa shape index (κ2) is 5.94. The fraction of sp³-hybridized carbons (Fsp3) is 0.500. The summed E-state index contributed by atoms with van der Waals surface area (Å²) in [6, 6.07) is 7.66. The minimum Gasteiger partial charge on any atom is -0.444 e. The Bertz CT molecular complexity index is 395. The number of benzene rings is 1. The van der Waals surface area contributed by atoms with Gasteiger partial charge in [0, 0.05) is 6.54 Å². The van der Waals surface area contributed by atoms with Gasteiger partial charge in [0.15, 0.2) is 0 Å². The largest absolute Gasteiger partial charge is 0.444 e. The van der Waals surface area contributed by atoms with E-state index < -0.39 is 5.60 Å². The summed E-state index contributed by atoms with van der Waals surface area (Å²) in [5.41, 5.74) is 1.42. The first kappa shape index (κ1) is 14.6. The van der Waals surface area contributed by atoms with Gasteiger partial charge in [0.25, 0.3) is 0 Å². The van der Waals surface area contributed by atoms with Crippen LogP contribution < -0.4 is 10.8 Å². The quantitative estimate of drug-likeness (QED) is 0.828. The van der Waals surface area contributed by atoms with Crippen LogP contribution in [-0.2, 0) is 4.74 Å². The summed E-state index contributed by atoms with van der Waals surface area (Å²) in [6.07, 6.45) is -0.384. The van der Waals surface area contributed by atoms with E-state index in [2.05, 4.69) is 5.32 Å². The van der Waals surface area contributed by atoms with E-state index in [-0.39, 0.29) is 12.0 Å². The second-order valence-electron chi connectivity index (χ2n) is 5.45. The van der Waals surface area contributed by atoms with Crippen LogP contribution in [0.4, 0.5) is 4.79 Å². The van der Waals surface area contributed by atoms with Gasteiger partial charge in [-0.3, -0.25) is 0 Å². The van der Waals surface area contributed by atoms with E-state index in [1.165, 1.54) is 0 Å². The topological polar surface area (TPSA) is 38.3 Å². The molecule has 4 heteroatoms. The maximum Gasteiger partial charge on any atom is 0.407 e. The average molecular weight is 245 g/mol. The molecule has 0 saturated heterocycles. The summed E-state index contributed by atoms with van der Waals surface area (Å²) in [4.78, 5) is 11.5. The second-order valence-corrected chi connectivity index (χ2v) is 5.45. The highest BCUT2D eigenvalue weighted by Gasteiger charge is 2.16. The Morgan fingerprint density at radius 3 is 2.39 bits per heavy atom. The zero-order valence-electron chi connectivity index (χ0n) is 11.5. The Kier molecular flexibility index (Phi) is 4.82. The van der Waals surface area contributed by atoms with Crippen molar-refractivity contribution in [1.82, 2.24) is 5.32 Å². The molecule has 0 fully saturated rings. The van der Waals surface area contributed by atoms with Crippen LogP contribution in [0, 0.1) is 0 Å². The number of hydrogen-bond acceptors (Lipinski definition) is 2. The number of amides is 1. The van der Waals surface area contributed by atoms with Gasteiger partial charge in [-0.25, -0.2) is 4.79 Å². The van der Waals surface area contributed by atoms with E-state index in [0.29, 0.717) is 6.54 Å². The molecule has 1 N–H and O–H groups in total. The number of carbonyl (C=O) groups is 1. The minimum atomic E-state index is -0.464. The Labute approximate surface area is 110 Å². The Morgan fingerprint density at radius 2 is 1.89 bits per heavy atom. The molecule has 0 spiro atoms. The molecule has 18 heavy (non-hydrogen) atoms. The van der Waals surface area contributed by atoms with E-state index in [1.807, 2.05) is 52.0 Å². The van der Waals surface area contributed by atoms with Crippen molar-refractivity contribution in [2.75, 3.05) is 6.54 Å². The Balaban J connectivity index is 2.44. The molecule has 96 valence electrons. The monoisotopic (exact) mass is 245 g/mol. The number of hydrogen-bond donors (Lipinski definition) is 1. The maximum absolute atomic E-state index is 11.5. The van der Waals surface area contributed by atoms with Gasteiger partial charge in [-0.15, -0.1) is 0 Å². The highest BCUT2D eigenvalue weighted by Crippen LogP contribution is 2.13. The lowest BCUT2D eigenvalue weighted by molar-refractivity contribution is 0.0525. The van der Waals surface area contributed by atoms with Gasteiger partial charge < -0.3 is 10.1 Å². The molecule has 2 radical (unpaired) electrons. The summed E-state index contributed by atoms with van der Waals surface area (Å²) in [5, 5.41) is 2.76. The highest BCUT2D eigenvalue weighted by atomic mass is 16.6. The van der Waals surface area contributed by atoms with Crippen molar-refractivity contribution in [3.63, 3.8) is 0 Å². The first-order valence-electron chi connectivity index (χ1n) is 6.10.